The highest BCUT2D eigenvalue weighted by Gasteiger charge is 2.57. The summed E-state index contributed by atoms with van der Waals surface area (Å²) in [4.78, 5) is 25.4. The zero-order valence-corrected chi connectivity index (χ0v) is 19.9. The zero-order chi connectivity index (χ0) is 23.9. The molecule has 0 spiro atoms. The maximum absolute atomic E-state index is 13.3. The molecule has 3 unspecified atom stereocenters. The molecule has 2 aromatic rings. The third-order valence-electron chi connectivity index (χ3n) is 8.31. The van der Waals surface area contributed by atoms with Gasteiger partial charge in [0.15, 0.2) is 5.78 Å². The first-order valence-electron chi connectivity index (χ1n) is 12.4. The van der Waals surface area contributed by atoms with Crippen LogP contribution in [0.2, 0.25) is 0 Å². The molecule has 34 heavy (non-hydrogen) atoms. The van der Waals surface area contributed by atoms with Crippen molar-refractivity contribution in [2.24, 2.45) is 17.3 Å². The number of aryl methyl sites for hydroxylation is 1. The highest BCUT2D eigenvalue weighted by atomic mass is 16.5. The molecule has 5 heteroatoms. The Morgan fingerprint density at radius 1 is 1.15 bits per heavy atom. The van der Waals surface area contributed by atoms with Crippen molar-refractivity contribution in [3.63, 3.8) is 0 Å². The van der Waals surface area contributed by atoms with Gasteiger partial charge in [0.25, 0.3) is 0 Å². The van der Waals surface area contributed by atoms with E-state index in [1.165, 1.54) is 11.1 Å². The van der Waals surface area contributed by atoms with Crippen LogP contribution in [0.1, 0.15) is 62.1 Å². The van der Waals surface area contributed by atoms with Gasteiger partial charge in [-0.25, -0.2) is 4.79 Å². The summed E-state index contributed by atoms with van der Waals surface area (Å²) in [5, 5.41) is 10.5. The van der Waals surface area contributed by atoms with Crippen LogP contribution in [-0.2, 0) is 27.4 Å². The average Bonchev–Trinajstić information content (AvgIpc) is 3.13. The summed E-state index contributed by atoms with van der Waals surface area (Å²) >= 11 is 0. The van der Waals surface area contributed by atoms with E-state index >= 15 is 0 Å². The van der Waals surface area contributed by atoms with Crippen molar-refractivity contribution >= 4 is 11.8 Å². The first kappa shape index (κ1) is 22.7. The van der Waals surface area contributed by atoms with Crippen molar-refractivity contribution < 1.29 is 24.2 Å². The topological polar surface area (TPSA) is 72.8 Å². The predicted octanol–water partition coefficient (Wildman–Crippen LogP) is 5.68. The first-order chi connectivity index (χ1) is 16.4. The van der Waals surface area contributed by atoms with Crippen LogP contribution in [0.25, 0.3) is 0 Å². The fourth-order valence-electron chi connectivity index (χ4n) is 6.55. The van der Waals surface area contributed by atoms with Gasteiger partial charge in [0.2, 0.25) is 5.76 Å². The Bertz CT molecular complexity index is 1130. The number of carbonyl (C=O) groups excluding carboxylic acids is 2. The van der Waals surface area contributed by atoms with Crippen molar-refractivity contribution in [1.82, 2.24) is 0 Å². The number of benzene rings is 2. The van der Waals surface area contributed by atoms with Crippen LogP contribution < -0.4 is 4.74 Å². The van der Waals surface area contributed by atoms with Crippen LogP contribution in [0.4, 0.5) is 0 Å². The van der Waals surface area contributed by atoms with E-state index in [9.17, 15) is 14.7 Å². The molecule has 2 aromatic carbocycles. The Labute approximate surface area is 200 Å². The Morgan fingerprint density at radius 3 is 2.71 bits per heavy atom. The molecule has 0 saturated heterocycles. The monoisotopic (exact) mass is 460 g/mol. The summed E-state index contributed by atoms with van der Waals surface area (Å²) in [5.41, 5.74) is 3.59. The molecule has 0 aromatic heterocycles. The minimum absolute atomic E-state index is 0.0723. The second-order valence-corrected chi connectivity index (χ2v) is 10.1. The lowest BCUT2D eigenvalue weighted by atomic mass is 9.55. The molecule has 3 aliphatic rings. The van der Waals surface area contributed by atoms with Crippen molar-refractivity contribution in [1.29, 1.82) is 0 Å². The van der Waals surface area contributed by atoms with E-state index in [2.05, 4.69) is 30.3 Å². The summed E-state index contributed by atoms with van der Waals surface area (Å²) in [7, 11) is 0. The van der Waals surface area contributed by atoms with Crippen LogP contribution >= 0.6 is 0 Å². The molecule has 5 rings (SSSR count). The molecule has 0 radical (unpaired) electrons. The maximum Gasteiger partial charge on any atom is 0.373 e. The smallest absolute Gasteiger partial charge is 0.373 e. The predicted molar refractivity (Wildman–Crippen MR) is 129 cm³/mol. The lowest BCUT2D eigenvalue weighted by Gasteiger charge is -2.48. The lowest BCUT2D eigenvalue weighted by molar-refractivity contribution is -0.142. The highest BCUT2D eigenvalue weighted by Crippen LogP contribution is 2.61. The quantitative estimate of drug-likeness (QED) is 0.353. The number of fused-ring (bicyclic) bond motifs is 5. The number of carbonyl (C=O) groups is 2. The number of aliphatic hydroxyl groups is 1. The van der Waals surface area contributed by atoms with E-state index in [1.807, 2.05) is 25.1 Å². The molecular formula is C29H32O5. The Morgan fingerprint density at radius 2 is 1.94 bits per heavy atom. The minimum Gasteiger partial charge on any atom is -0.502 e. The van der Waals surface area contributed by atoms with Gasteiger partial charge in [-0.2, -0.15) is 0 Å². The van der Waals surface area contributed by atoms with Gasteiger partial charge in [-0.05, 0) is 85.6 Å². The number of hydrogen-bond acceptors (Lipinski definition) is 5. The number of ketones is 1. The van der Waals surface area contributed by atoms with E-state index < -0.39 is 17.1 Å². The van der Waals surface area contributed by atoms with Gasteiger partial charge in [-0.3, -0.25) is 4.79 Å². The number of rotatable bonds is 5. The standard InChI is InChI=1S/C29H32O5/c1-3-33-28(32)26(30)24-16-25-23-11-9-19-15-20(34-17-18-7-5-4-6-8-18)10-12-21(19)22(23)13-14-29(25,2)27(24)31/h4-8,10,12,15,22-23,25,30H,3,9,11,13-14,16-17H2,1-2H3/b26-24-/t22?,23?,25?,29-/m0/s1. The molecule has 3 aliphatic carbocycles. The van der Waals surface area contributed by atoms with E-state index in [4.69, 9.17) is 9.47 Å². The van der Waals surface area contributed by atoms with Gasteiger partial charge in [-0.1, -0.05) is 43.3 Å². The highest BCUT2D eigenvalue weighted by molar-refractivity contribution is 6.07. The summed E-state index contributed by atoms with van der Waals surface area (Å²) < 4.78 is 11.0. The molecule has 0 aliphatic heterocycles. The van der Waals surface area contributed by atoms with Gasteiger partial charge in [0.1, 0.15) is 12.4 Å². The maximum atomic E-state index is 13.3. The summed E-state index contributed by atoms with van der Waals surface area (Å²) in [6.07, 6.45) is 4.11. The number of Topliss-reactive ketones (excluding diaryl/α,β-unsaturated/α-hetero) is 1. The molecule has 5 nitrogen and oxygen atoms in total. The lowest BCUT2D eigenvalue weighted by Crippen LogP contribution is -2.42. The molecule has 1 N–H and O–H groups in total. The van der Waals surface area contributed by atoms with Gasteiger partial charge in [-0.15, -0.1) is 0 Å². The van der Waals surface area contributed by atoms with Crippen LogP contribution in [0, 0.1) is 17.3 Å². The molecule has 4 atom stereocenters. The first-order valence-corrected chi connectivity index (χ1v) is 12.4. The second-order valence-electron chi connectivity index (χ2n) is 10.1. The molecule has 0 amide bonds. The summed E-state index contributed by atoms with van der Waals surface area (Å²) in [6.45, 7) is 4.43. The molecule has 0 heterocycles. The number of ether oxygens (including phenoxy) is 2. The third-order valence-corrected chi connectivity index (χ3v) is 8.31. The number of esters is 1. The van der Waals surface area contributed by atoms with Crippen molar-refractivity contribution in [2.75, 3.05) is 6.61 Å². The van der Waals surface area contributed by atoms with E-state index in [0.717, 1.165) is 37.0 Å². The van der Waals surface area contributed by atoms with E-state index in [0.29, 0.717) is 24.9 Å². The van der Waals surface area contributed by atoms with Crippen LogP contribution in [0.5, 0.6) is 5.75 Å². The minimum atomic E-state index is -0.790. The molecule has 2 saturated carbocycles. The van der Waals surface area contributed by atoms with Crippen molar-refractivity contribution in [3.05, 3.63) is 76.6 Å². The number of allylic oxidation sites excluding steroid dienone is 1. The fraction of sp³-hybridized carbons (Fsp3) is 0.448. The molecule has 178 valence electrons. The summed E-state index contributed by atoms with van der Waals surface area (Å²) in [5.74, 6) is 0.421. The van der Waals surface area contributed by atoms with E-state index in [-0.39, 0.29) is 23.9 Å². The average molecular weight is 461 g/mol. The van der Waals surface area contributed by atoms with Gasteiger partial charge in [0.05, 0.1) is 6.61 Å². The SMILES string of the molecule is CCOC(=O)/C(O)=C1\CC2C3CCc4cc(OCc5ccccc5)ccc4C3CC[C@]2(C)C1=O. The van der Waals surface area contributed by atoms with Crippen LogP contribution in [0.15, 0.2) is 59.9 Å². The van der Waals surface area contributed by atoms with Gasteiger partial charge in [0, 0.05) is 11.0 Å². The fourth-order valence-corrected chi connectivity index (χ4v) is 6.55. The van der Waals surface area contributed by atoms with Crippen LogP contribution in [0.3, 0.4) is 0 Å². The number of aliphatic hydroxyl groups excluding tert-OH is 1. The van der Waals surface area contributed by atoms with Crippen molar-refractivity contribution in [3.8, 4) is 5.75 Å². The van der Waals surface area contributed by atoms with Crippen LogP contribution in [-0.4, -0.2) is 23.5 Å². The normalized spacial score (nSPS) is 29.0. The van der Waals surface area contributed by atoms with Gasteiger partial charge < -0.3 is 14.6 Å². The third kappa shape index (κ3) is 3.81. The largest absolute Gasteiger partial charge is 0.502 e. The molecule has 0 bridgehead atoms. The van der Waals surface area contributed by atoms with E-state index in [1.54, 1.807) is 6.92 Å². The number of hydrogen-bond donors (Lipinski definition) is 1. The molecule has 2 fully saturated rings. The Hall–Kier alpha value is -3.08. The zero-order valence-electron chi connectivity index (χ0n) is 19.9. The van der Waals surface area contributed by atoms with Crippen molar-refractivity contribution in [2.45, 2.75) is 58.5 Å². The Balaban J connectivity index is 1.36. The summed E-state index contributed by atoms with van der Waals surface area (Å²) in [6, 6.07) is 16.6. The van der Waals surface area contributed by atoms with Gasteiger partial charge >= 0.3 is 5.97 Å². The molecular weight excluding hydrogens is 428 g/mol. The Kier molecular flexibility index (Phi) is 5.97. The second kappa shape index (κ2) is 8.94.